The van der Waals surface area contributed by atoms with E-state index in [9.17, 15) is 0 Å². The van der Waals surface area contributed by atoms with Gasteiger partial charge in [-0.05, 0) is 83.7 Å². The Morgan fingerprint density at radius 2 is 1.26 bits per heavy atom. The molecule has 0 N–H and O–H groups in total. The molecule has 0 atom stereocenters. The van der Waals surface area contributed by atoms with Crippen LogP contribution in [0.25, 0.3) is 0 Å². The molecule has 0 aromatic rings. The molecule has 23 heavy (non-hydrogen) atoms. The zero-order valence-corrected chi connectivity index (χ0v) is 15.9. The van der Waals surface area contributed by atoms with Crippen molar-refractivity contribution in [2.45, 2.75) is 90.4 Å². The molecule has 0 bridgehead atoms. The second-order valence-corrected chi connectivity index (χ2v) is 8.10. The fourth-order valence-corrected chi connectivity index (χ4v) is 4.34. The average Bonchev–Trinajstić information content (AvgIpc) is 2.86. The molecule has 2 heterocycles. The van der Waals surface area contributed by atoms with E-state index in [1.165, 1.54) is 123 Å². The average molecular weight is 323 g/mol. The Labute approximate surface area is 146 Å². The van der Waals surface area contributed by atoms with Crippen LogP contribution in [0.4, 0.5) is 0 Å². The highest BCUT2D eigenvalue weighted by atomic mass is 15.1. The van der Waals surface area contributed by atoms with Crippen molar-refractivity contribution < 1.29 is 0 Å². The van der Waals surface area contributed by atoms with E-state index in [0.717, 1.165) is 5.92 Å². The van der Waals surface area contributed by atoms with Crippen molar-refractivity contribution >= 4 is 0 Å². The van der Waals surface area contributed by atoms with E-state index in [2.05, 4.69) is 16.7 Å². The van der Waals surface area contributed by atoms with Gasteiger partial charge in [-0.25, -0.2) is 0 Å². The third kappa shape index (κ3) is 8.54. The van der Waals surface area contributed by atoms with Crippen molar-refractivity contribution in [1.82, 2.24) is 9.80 Å². The van der Waals surface area contributed by atoms with E-state index in [0.29, 0.717) is 0 Å². The highest BCUT2D eigenvalue weighted by Crippen LogP contribution is 2.22. The number of unbranched alkanes of at least 4 members (excludes halogenated alkanes) is 5. The van der Waals surface area contributed by atoms with Crippen LogP contribution in [0, 0.1) is 5.92 Å². The van der Waals surface area contributed by atoms with Gasteiger partial charge in [-0.15, -0.1) is 0 Å². The Hall–Kier alpha value is -0.0800. The van der Waals surface area contributed by atoms with Gasteiger partial charge in [0.25, 0.3) is 0 Å². The first-order valence-corrected chi connectivity index (χ1v) is 10.8. The van der Waals surface area contributed by atoms with Gasteiger partial charge in [0.1, 0.15) is 0 Å². The van der Waals surface area contributed by atoms with Gasteiger partial charge >= 0.3 is 0 Å². The molecule has 2 aliphatic heterocycles. The quantitative estimate of drug-likeness (QED) is 0.502. The van der Waals surface area contributed by atoms with Crippen LogP contribution in [0.5, 0.6) is 0 Å². The predicted octanol–water partition coefficient (Wildman–Crippen LogP) is 5.33. The molecular formula is C21H42N2. The van der Waals surface area contributed by atoms with Crippen LogP contribution >= 0.6 is 0 Å². The van der Waals surface area contributed by atoms with Gasteiger partial charge in [0.15, 0.2) is 0 Å². The molecule has 2 saturated heterocycles. The molecule has 136 valence electrons. The van der Waals surface area contributed by atoms with Gasteiger partial charge in [-0.3, -0.25) is 0 Å². The molecule has 2 fully saturated rings. The van der Waals surface area contributed by atoms with Crippen LogP contribution in [-0.4, -0.2) is 49.1 Å². The summed E-state index contributed by atoms with van der Waals surface area (Å²) in [5, 5.41) is 0. The lowest BCUT2D eigenvalue weighted by Crippen LogP contribution is -2.36. The van der Waals surface area contributed by atoms with Gasteiger partial charge in [-0.2, -0.15) is 0 Å². The minimum atomic E-state index is 1.01. The summed E-state index contributed by atoms with van der Waals surface area (Å²) in [4.78, 5) is 5.48. The van der Waals surface area contributed by atoms with Gasteiger partial charge in [-0.1, -0.05) is 51.9 Å². The third-order valence-corrected chi connectivity index (χ3v) is 6.09. The lowest BCUT2D eigenvalue weighted by molar-refractivity contribution is 0.162. The maximum absolute atomic E-state index is 2.75. The summed E-state index contributed by atoms with van der Waals surface area (Å²) in [6.07, 6.45) is 18.8. The molecule has 2 rings (SSSR count). The monoisotopic (exact) mass is 322 g/mol. The Morgan fingerprint density at radius 3 is 1.96 bits per heavy atom. The van der Waals surface area contributed by atoms with Crippen molar-refractivity contribution in [2.75, 3.05) is 39.3 Å². The van der Waals surface area contributed by atoms with E-state index < -0.39 is 0 Å². The fourth-order valence-electron chi connectivity index (χ4n) is 4.34. The zero-order valence-electron chi connectivity index (χ0n) is 15.9. The number of hydrogen-bond acceptors (Lipinski definition) is 2. The topological polar surface area (TPSA) is 6.48 Å². The third-order valence-electron chi connectivity index (χ3n) is 6.09. The molecule has 0 spiro atoms. The largest absolute Gasteiger partial charge is 0.303 e. The second-order valence-electron chi connectivity index (χ2n) is 8.10. The first-order valence-electron chi connectivity index (χ1n) is 10.8. The van der Waals surface area contributed by atoms with Gasteiger partial charge in [0.05, 0.1) is 0 Å². The highest BCUT2D eigenvalue weighted by Gasteiger charge is 2.19. The van der Waals surface area contributed by atoms with Crippen LogP contribution in [-0.2, 0) is 0 Å². The number of rotatable bonds is 10. The number of nitrogens with zero attached hydrogens (tertiary/aromatic N) is 2. The molecule has 0 aliphatic carbocycles. The first-order chi connectivity index (χ1) is 11.4. The molecule has 0 amide bonds. The van der Waals surface area contributed by atoms with E-state index in [4.69, 9.17) is 0 Å². The zero-order chi connectivity index (χ0) is 16.2. The summed E-state index contributed by atoms with van der Waals surface area (Å²) in [7, 11) is 0. The van der Waals surface area contributed by atoms with Gasteiger partial charge < -0.3 is 9.80 Å². The standard InChI is InChI=1S/C21H42N2/c1-2-3-4-5-6-9-17-23-19-13-21(14-20-23)12-18-22-15-10-7-8-11-16-22/h21H,2-20H2,1H3. The van der Waals surface area contributed by atoms with Crippen molar-refractivity contribution in [3.63, 3.8) is 0 Å². The van der Waals surface area contributed by atoms with Crippen molar-refractivity contribution in [3.8, 4) is 0 Å². The molecule has 0 aromatic carbocycles. The van der Waals surface area contributed by atoms with E-state index in [-0.39, 0.29) is 0 Å². The predicted molar refractivity (Wildman–Crippen MR) is 102 cm³/mol. The molecule has 2 heteroatoms. The smallest absolute Gasteiger partial charge is 0.00161 e. The molecule has 0 unspecified atom stereocenters. The minimum Gasteiger partial charge on any atom is -0.303 e. The normalized spacial score (nSPS) is 22.3. The molecule has 2 nitrogen and oxygen atoms in total. The number of likely N-dealkylation sites (tertiary alicyclic amines) is 2. The second kappa shape index (κ2) is 12.3. The SMILES string of the molecule is CCCCCCCCN1CCC(CCN2CCCCCC2)CC1. The number of piperidine rings is 1. The maximum atomic E-state index is 2.75. The lowest BCUT2D eigenvalue weighted by Gasteiger charge is -2.33. The van der Waals surface area contributed by atoms with Crippen LogP contribution in [0.15, 0.2) is 0 Å². The summed E-state index contributed by atoms with van der Waals surface area (Å²) in [5.41, 5.74) is 0. The van der Waals surface area contributed by atoms with Crippen LogP contribution < -0.4 is 0 Å². The Morgan fingerprint density at radius 1 is 0.652 bits per heavy atom. The Kier molecular flexibility index (Phi) is 10.3. The molecule has 0 saturated carbocycles. The fraction of sp³-hybridized carbons (Fsp3) is 1.00. The number of hydrogen-bond donors (Lipinski definition) is 0. The van der Waals surface area contributed by atoms with Gasteiger partial charge in [0, 0.05) is 0 Å². The van der Waals surface area contributed by atoms with E-state index >= 15 is 0 Å². The van der Waals surface area contributed by atoms with Crippen LogP contribution in [0.2, 0.25) is 0 Å². The summed E-state index contributed by atoms with van der Waals surface area (Å²) in [6.45, 7) is 10.5. The van der Waals surface area contributed by atoms with Crippen molar-refractivity contribution in [3.05, 3.63) is 0 Å². The summed E-state index contributed by atoms with van der Waals surface area (Å²) in [6, 6.07) is 0. The molecule has 0 radical (unpaired) electrons. The van der Waals surface area contributed by atoms with E-state index in [1.807, 2.05) is 0 Å². The molecule has 0 aromatic heterocycles. The van der Waals surface area contributed by atoms with Crippen molar-refractivity contribution in [2.24, 2.45) is 5.92 Å². The molecular weight excluding hydrogens is 280 g/mol. The maximum Gasteiger partial charge on any atom is -0.00161 e. The molecule has 2 aliphatic rings. The van der Waals surface area contributed by atoms with Crippen LogP contribution in [0.3, 0.4) is 0 Å². The minimum absolute atomic E-state index is 1.01. The highest BCUT2D eigenvalue weighted by molar-refractivity contribution is 4.74. The van der Waals surface area contributed by atoms with Crippen LogP contribution in [0.1, 0.15) is 90.4 Å². The van der Waals surface area contributed by atoms with Crippen molar-refractivity contribution in [1.29, 1.82) is 0 Å². The van der Waals surface area contributed by atoms with E-state index in [1.54, 1.807) is 0 Å². The first kappa shape index (κ1) is 19.2. The summed E-state index contributed by atoms with van der Waals surface area (Å²) >= 11 is 0. The summed E-state index contributed by atoms with van der Waals surface area (Å²) < 4.78 is 0. The summed E-state index contributed by atoms with van der Waals surface area (Å²) in [5.74, 6) is 1.01. The lowest BCUT2D eigenvalue weighted by atomic mass is 9.93. The van der Waals surface area contributed by atoms with Gasteiger partial charge in [0.2, 0.25) is 0 Å². The Bertz CT molecular complexity index is 263. The Balaban J connectivity index is 1.47.